The summed E-state index contributed by atoms with van der Waals surface area (Å²) in [5.74, 6) is 0.446. The second-order valence-corrected chi connectivity index (χ2v) is 6.74. The predicted molar refractivity (Wildman–Crippen MR) is 103 cm³/mol. The second kappa shape index (κ2) is 6.76. The van der Waals surface area contributed by atoms with E-state index in [1.165, 1.54) is 4.90 Å². The number of urea groups is 1. The zero-order valence-corrected chi connectivity index (χ0v) is 15.0. The fourth-order valence-corrected chi connectivity index (χ4v) is 3.37. The van der Waals surface area contributed by atoms with Gasteiger partial charge in [0.2, 0.25) is 0 Å². The maximum absolute atomic E-state index is 13.0. The molecule has 3 aromatic carbocycles. The molecule has 0 radical (unpaired) electrons. The quantitative estimate of drug-likeness (QED) is 0.706. The molecule has 1 atom stereocenters. The van der Waals surface area contributed by atoms with Crippen molar-refractivity contribution < 1.29 is 14.3 Å². The summed E-state index contributed by atoms with van der Waals surface area (Å²) in [6, 6.07) is 22.7. The van der Waals surface area contributed by atoms with Crippen LogP contribution in [0.4, 0.5) is 4.79 Å². The zero-order valence-electron chi connectivity index (χ0n) is 15.0. The molecule has 3 amide bonds. The van der Waals surface area contributed by atoms with Crippen molar-refractivity contribution in [3.63, 3.8) is 0 Å². The van der Waals surface area contributed by atoms with Gasteiger partial charge in [0.25, 0.3) is 5.91 Å². The highest BCUT2D eigenvalue weighted by Gasteiger charge is 2.48. The molecule has 1 heterocycles. The third-order valence-corrected chi connectivity index (χ3v) is 4.93. The van der Waals surface area contributed by atoms with Crippen LogP contribution in [-0.4, -0.2) is 30.0 Å². The first kappa shape index (κ1) is 17.1. The number of para-hydroxylation sites is 1. The van der Waals surface area contributed by atoms with E-state index in [-0.39, 0.29) is 19.1 Å². The summed E-state index contributed by atoms with van der Waals surface area (Å²) in [6.45, 7) is 2.19. The number of imide groups is 1. The maximum Gasteiger partial charge on any atom is 0.325 e. The number of rotatable bonds is 5. The van der Waals surface area contributed by atoms with Crippen LogP contribution < -0.4 is 10.1 Å². The molecule has 0 saturated carbocycles. The average Bonchev–Trinajstić information content (AvgIpc) is 2.92. The Bertz CT molecular complexity index is 1000. The molecule has 5 heteroatoms. The van der Waals surface area contributed by atoms with Crippen LogP contribution in [-0.2, 0) is 10.3 Å². The molecule has 0 aromatic heterocycles. The molecule has 5 nitrogen and oxygen atoms in total. The number of carbonyl (C=O) groups is 2. The molecule has 1 fully saturated rings. The van der Waals surface area contributed by atoms with Crippen molar-refractivity contribution in [2.24, 2.45) is 0 Å². The van der Waals surface area contributed by atoms with Gasteiger partial charge in [0.05, 0.1) is 6.54 Å². The Morgan fingerprint density at radius 1 is 0.926 bits per heavy atom. The summed E-state index contributed by atoms with van der Waals surface area (Å²) in [4.78, 5) is 26.6. The van der Waals surface area contributed by atoms with E-state index in [2.05, 4.69) is 5.32 Å². The Labute approximate surface area is 157 Å². The Balaban J connectivity index is 1.52. The number of carbonyl (C=O) groups excluding carboxylic acids is 2. The van der Waals surface area contributed by atoms with Crippen LogP contribution in [0.15, 0.2) is 72.8 Å². The van der Waals surface area contributed by atoms with Crippen LogP contribution in [0.3, 0.4) is 0 Å². The largest absolute Gasteiger partial charge is 0.492 e. The Kier molecular flexibility index (Phi) is 4.28. The van der Waals surface area contributed by atoms with E-state index in [1.807, 2.05) is 72.8 Å². The fourth-order valence-electron chi connectivity index (χ4n) is 3.37. The van der Waals surface area contributed by atoms with Crippen molar-refractivity contribution in [2.45, 2.75) is 12.5 Å². The monoisotopic (exact) mass is 360 g/mol. The Morgan fingerprint density at radius 3 is 2.41 bits per heavy atom. The van der Waals surface area contributed by atoms with E-state index in [9.17, 15) is 9.59 Å². The number of amides is 3. The van der Waals surface area contributed by atoms with Gasteiger partial charge in [-0.1, -0.05) is 54.6 Å². The minimum atomic E-state index is -1.08. The number of hydrogen-bond acceptors (Lipinski definition) is 3. The van der Waals surface area contributed by atoms with E-state index in [1.54, 1.807) is 6.92 Å². The molecule has 1 aliphatic rings. The number of hydrogen-bond donors (Lipinski definition) is 1. The van der Waals surface area contributed by atoms with Crippen LogP contribution in [0.5, 0.6) is 5.75 Å². The van der Waals surface area contributed by atoms with Crippen molar-refractivity contribution in [1.29, 1.82) is 0 Å². The van der Waals surface area contributed by atoms with Crippen LogP contribution in [0, 0.1) is 0 Å². The average molecular weight is 360 g/mol. The number of ether oxygens (including phenoxy) is 1. The lowest BCUT2D eigenvalue weighted by Gasteiger charge is -2.22. The molecule has 1 unspecified atom stereocenters. The van der Waals surface area contributed by atoms with Crippen molar-refractivity contribution in [2.75, 3.05) is 13.2 Å². The van der Waals surface area contributed by atoms with Gasteiger partial charge in [-0.3, -0.25) is 9.69 Å². The van der Waals surface area contributed by atoms with Gasteiger partial charge in [0, 0.05) is 0 Å². The zero-order chi connectivity index (χ0) is 18.9. The minimum absolute atomic E-state index is 0.197. The van der Waals surface area contributed by atoms with Crippen LogP contribution >= 0.6 is 0 Å². The Hall–Kier alpha value is -3.34. The first-order valence-corrected chi connectivity index (χ1v) is 8.89. The number of nitrogens with one attached hydrogen (secondary N) is 1. The highest BCUT2D eigenvalue weighted by molar-refractivity contribution is 6.07. The standard InChI is InChI=1S/C22H20N2O3/c1-22(18-12-11-16-7-5-6-8-17(16)15-18)20(25)24(21(26)23-22)13-14-27-19-9-3-2-4-10-19/h2-12,15H,13-14H2,1H3,(H,23,26). The van der Waals surface area contributed by atoms with Gasteiger partial charge in [0.1, 0.15) is 17.9 Å². The predicted octanol–water partition coefficient (Wildman–Crippen LogP) is 3.69. The van der Waals surface area contributed by atoms with E-state index < -0.39 is 11.6 Å². The number of benzene rings is 3. The summed E-state index contributed by atoms with van der Waals surface area (Å²) in [5.41, 5.74) is -0.306. The van der Waals surface area contributed by atoms with Gasteiger partial charge in [0.15, 0.2) is 0 Å². The summed E-state index contributed by atoms with van der Waals surface area (Å²) in [6.07, 6.45) is 0. The van der Waals surface area contributed by atoms with Crippen molar-refractivity contribution in [3.05, 3.63) is 78.4 Å². The van der Waals surface area contributed by atoms with Crippen LogP contribution in [0.2, 0.25) is 0 Å². The normalized spacial score (nSPS) is 19.4. The third-order valence-electron chi connectivity index (χ3n) is 4.93. The molecular weight excluding hydrogens is 340 g/mol. The number of fused-ring (bicyclic) bond motifs is 1. The van der Waals surface area contributed by atoms with Gasteiger partial charge in [-0.25, -0.2) is 4.79 Å². The lowest BCUT2D eigenvalue weighted by molar-refractivity contribution is -0.131. The molecule has 1 aliphatic heterocycles. The van der Waals surface area contributed by atoms with Crippen molar-refractivity contribution >= 4 is 22.7 Å². The van der Waals surface area contributed by atoms with Gasteiger partial charge in [-0.15, -0.1) is 0 Å². The lowest BCUT2D eigenvalue weighted by Crippen LogP contribution is -2.41. The summed E-state index contributed by atoms with van der Waals surface area (Å²) in [7, 11) is 0. The maximum atomic E-state index is 13.0. The topological polar surface area (TPSA) is 58.6 Å². The van der Waals surface area contributed by atoms with E-state index in [0.717, 1.165) is 16.3 Å². The first-order chi connectivity index (χ1) is 13.1. The summed E-state index contributed by atoms with van der Waals surface area (Å²) < 4.78 is 5.62. The first-order valence-electron chi connectivity index (χ1n) is 8.89. The molecule has 4 rings (SSSR count). The lowest BCUT2D eigenvalue weighted by atomic mass is 9.90. The minimum Gasteiger partial charge on any atom is -0.492 e. The summed E-state index contributed by atoms with van der Waals surface area (Å²) >= 11 is 0. The highest BCUT2D eigenvalue weighted by atomic mass is 16.5. The second-order valence-electron chi connectivity index (χ2n) is 6.74. The molecule has 0 aliphatic carbocycles. The van der Waals surface area contributed by atoms with E-state index in [0.29, 0.717) is 5.75 Å². The van der Waals surface area contributed by atoms with Crippen molar-refractivity contribution in [3.8, 4) is 5.75 Å². The van der Waals surface area contributed by atoms with E-state index >= 15 is 0 Å². The molecular formula is C22H20N2O3. The SMILES string of the molecule is CC1(c2ccc3ccccc3c2)NC(=O)N(CCOc2ccccc2)C1=O. The van der Waals surface area contributed by atoms with Gasteiger partial charge in [-0.2, -0.15) is 0 Å². The number of nitrogens with zero attached hydrogens (tertiary/aromatic N) is 1. The molecule has 136 valence electrons. The smallest absolute Gasteiger partial charge is 0.325 e. The molecule has 0 spiro atoms. The van der Waals surface area contributed by atoms with Gasteiger partial charge in [-0.05, 0) is 41.5 Å². The molecule has 1 N–H and O–H groups in total. The highest BCUT2D eigenvalue weighted by Crippen LogP contribution is 2.30. The van der Waals surface area contributed by atoms with Crippen LogP contribution in [0.25, 0.3) is 10.8 Å². The van der Waals surface area contributed by atoms with Gasteiger partial charge >= 0.3 is 6.03 Å². The van der Waals surface area contributed by atoms with Crippen molar-refractivity contribution in [1.82, 2.24) is 10.2 Å². The van der Waals surface area contributed by atoms with Gasteiger partial charge < -0.3 is 10.1 Å². The van der Waals surface area contributed by atoms with E-state index in [4.69, 9.17) is 4.74 Å². The molecule has 1 saturated heterocycles. The molecule has 0 bridgehead atoms. The fraction of sp³-hybridized carbons (Fsp3) is 0.182. The molecule has 3 aromatic rings. The third kappa shape index (κ3) is 3.12. The van der Waals surface area contributed by atoms with Crippen LogP contribution in [0.1, 0.15) is 12.5 Å². The summed E-state index contributed by atoms with van der Waals surface area (Å²) in [5, 5.41) is 4.97. The molecule has 27 heavy (non-hydrogen) atoms. The Morgan fingerprint density at radius 2 is 1.63 bits per heavy atom.